The van der Waals surface area contributed by atoms with E-state index in [-0.39, 0.29) is 18.2 Å². The minimum absolute atomic E-state index is 0.187. The third-order valence-corrected chi connectivity index (χ3v) is 4.19. The standard InChI is InChI=1S/C8H17.BrH.Mg/c1-3-5-7-8-6-4-2;;/h1,3-8H2,2H3;1H;/q;;-1/p-1. The second-order valence-corrected chi connectivity index (χ2v) is 6.27. The van der Waals surface area contributed by atoms with Crippen LogP contribution in [0.3, 0.4) is 0 Å². The lowest BCUT2D eigenvalue weighted by Crippen LogP contribution is -1.80. The van der Waals surface area contributed by atoms with Crippen molar-refractivity contribution in [2.45, 2.75) is 50.0 Å². The molecule has 0 saturated heterocycles. The minimum Gasteiger partial charge on any atom is -0.877 e. The number of hydrogen-bond acceptors (Lipinski definition) is 0. The van der Waals surface area contributed by atoms with Crippen LogP contribution in [0.5, 0.6) is 0 Å². The van der Waals surface area contributed by atoms with Gasteiger partial charge in [0, 0.05) is 0 Å². The Morgan fingerprint density at radius 3 is 2.20 bits per heavy atom. The maximum Gasteiger partial charge on any atom is -0.0533 e. The molecule has 0 fully saturated rings. The van der Waals surface area contributed by atoms with Crippen LogP contribution in [0.2, 0.25) is 4.55 Å². The maximum absolute atomic E-state index is 3.57. The summed E-state index contributed by atoms with van der Waals surface area (Å²) in [5.41, 5.74) is 0. The molecule has 0 N–H and O–H groups in total. The number of hydrogen-bond donors (Lipinski definition) is 0. The molecular weight excluding hydrogens is 200 g/mol. The molecule has 0 nitrogen and oxygen atoms in total. The van der Waals surface area contributed by atoms with Gasteiger partial charge in [-0.05, 0) is 0 Å². The predicted octanol–water partition coefficient (Wildman–Crippen LogP) is 3.78. The average molecular weight is 217 g/mol. The van der Waals surface area contributed by atoms with Gasteiger partial charge in [0.25, 0.3) is 0 Å². The van der Waals surface area contributed by atoms with Gasteiger partial charge in [-0.3, -0.25) is 0 Å². The Morgan fingerprint density at radius 1 is 1.00 bits per heavy atom. The van der Waals surface area contributed by atoms with E-state index in [2.05, 4.69) is 19.8 Å². The SMILES string of the molecule is CCCCCCC[CH2][Mg-2][Br]. The molecule has 0 atom stereocenters. The molecule has 2 radical (unpaired) electrons. The van der Waals surface area contributed by atoms with Crippen LogP contribution in [-0.2, 0) is 0 Å². The topological polar surface area (TPSA) is 0 Å². The summed E-state index contributed by atoms with van der Waals surface area (Å²) in [6.07, 6.45) is 8.67. The molecule has 2 heteroatoms. The number of halogens is 1. The fourth-order valence-corrected chi connectivity index (χ4v) is 2.78. The van der Waals surface area contributed by atoms with Gasteiger partial charge in [0.15, 0.2) is 0 Å². The van der Waals surface area contributed by atoms with Crippen LogP contribution in [-0.4, -0.2) is 18.2 Å². The summed E-state index contributed by atoms with van der Waals surface area (Å²) in [5, 5.41) is 0. The summed E-state index contributed by atoms with van der Waals surface area (Å²) in [6.45, 7) is 2.27. The third-order valence-electron chi connectivity index (χ3n) is 1.74. The molecule has 0 saturated carbocycles. The van der Waals surface area contributed by atoms with Crippen molar-refractivity contribution in [2.75, 3.05) is 0 Å². The van der Waals surface area contributed by atoms with E-state index in [4.69, 9.17) is 0 Å². The van der Waals surface area contributed by atoms with Crippen molar-refractivity contribution in [3.63, 3.8) is 0 Å². The van der Waals surface area contributed by atoms with Crippen molar-refractivity contribution in [3.8, 4) is 0 Å². The molecule has 0 aromatic carbocycles. The van der Waals surface area contributed by atoms with Crippen LogP contribution in [0.1, 0.15) is 45.4 Å². The van der Waals surface area contributed by atoms with Crippen molar-refractivity contribution in [2.24, 2.45) is 0 Å². The molecular formula is C8H17BrMg-2. The van der Waals surface area contributed by atoms with Crippen LogP contribution in [0.15, 0.2) is 0 Å². The van der Waals surface area contributed by atoms with E-state index in [0.29, 0.717) is 0 Å². The predicted molar refractivity (Wildman–Crippen MR) is 52.9 cm³/mol. The van der Waals surface area contributed by atoms with Gasteiger partial charge in [-0.1, -0.05) is 45.4 Å². The molecule has 0 aliphatic heterocycles. The summed E-state index contributed by atoms with van der Waals surface area (Å²) in [5.74, 6) is 0. The first-order chi connectivity index (χ1) is 4.91. The Morgan fingerprint density at radius 2 is 1.60 bits per heavy atom. The monoisotopic (exact) mass is 216 g/mol. The first-order valence-electron chi connectivity index (χ1n) is 4.47. The highest BCUT2D eigenvalue weighted by molar-refractivity contribution is 9.23. The van der Waals surface area contributed by atoms with Crippen LogP contribution in [0.4, 0.5) is 0 Å². The first-order valence-corrected chi connectivity index (χ1v) is 9.37. The van der Waals surface area contributed by atoms with Crippen molar-refractivity contribution in [1.29, 1.82) is 0 Å². The van der Waals surface area contributed by atoms with E-state index in [1.165, 1.54) is 43.1 Å². The molecule has 0 aliphatic carbocycles. The van der Waals surface area contributed by atoms with Gasteiger partial charge in [-0.15, -0.1) is 0 Å². The summed E-state index contributed by atoms with van der Waals surface area (Å²) >= 11 is 3.76. The highest BCUT2D eigenvalue weighted by Gasteiger charge is 1.83. The highest BCUT2D eigenvalue weighted by atomic mass is 79.9. The Balaban J connectivity index is 2.65. The fraction of sp³-hybridized carbons (Fsp3) is 1.00. The molecule has 0 heterocycles. The summed E-state index contributed by atoms with van der Waals surface area (Å²) in [7, 11) is 0. The molecule has 0 spiro atoms. The third kappa shape index (κ3) is 9.25. The molecule has 60 valence electrons. The molecule has 0 amide bonds. The van der Waals surface area contributed by atoms with Crippen molar-refractivity contribution in [1.82, 2.24) is 0 Å². The van der Waals surface area contributed by atoms with Crippen molar-refractivity contribution >= 4 is 31.1 Å². The zero-order valence-electron chi connectivity index (χ0n) is 7.03. The Hall–Kier alpha value is 1.25. The van der Waals surface area contributed by atoms with E-state index in [9.17, 15) is 0 Å². The summed E-state index contributed by atoms with van der Waals surface area (Å²) in [4.78, 5) is 0. The minimum atomic E-state index is 0.187. The fourth-order valence-electron chi connectivity index (χ4n) is 1.05. The zero-order chi connectivity index (χ0) is 7.66. The van der Waals surface area contributed by atoms with Crippen LogP contribution in [0.25, 0.3) is 0 Å². The number of rotatable bonds is 7. The van der Waals surface area contributed by atoms with Gasteiger partial charge < -0.3 is 35.6 Å². The van der Waals surface area contributed by atoms with E-state index in [1.807, 2.05) is 0 Å². The quantitative estimate of drug-likeness (QED) is 0.450. The van der Waals surface area contributed by atoms with Crippen molar-refractivity contribution < 1.29 is 0 Å². The van der Waals surface area contributed by atoms with E-state index >= 15 is 0 Å². The Kier molecular flexibility index (Phi) is 11.5. The number of unbranched alkanes of at least 4 members (excludes halogenated alkanes) is 5. The maximum atomic E-state index is 3.57. The van der Waals surface area contributed by atoms with Crippen LogP contribution < -0.4 is 0 Å². The lowest BCUT2D eigenvalue weighted by atomic mass is 10.1. The second kappa shape index (κ2) is 10.2. The molecule has 0 unspecified atom stereocenters. The van der Waals surface area contributed by atoms with Crippen LogP contribution in [0, 0.1) is 0 Å². The largest absolute Gasteiger partial charge is 0.877 e. The van der Waals surface area contributed by atoms with Gasteiger partial charge in [-0.2, -0.15) is 0 Å². The zero-order valence-corrected chi connectivity index (χ0v) is 10.0. The lowest BCUT2D eigenvalue weighted by molar-refractivity contribution is 0.624. The smallest absolute Gasteiger partial charge is 0.0533 e. The van der Waals surface area contributed by atoms with Gasteiger partial charge in [0.05, 0.1) is 0 Å². The molecule has 0 bridgehead atoms. The summed E-state index contributed by atoms with van der Waals surface area (Å²) < 4.78 is 1.49. The Bertz CT molecular complexity index is 49.2. The first kappa shape index (κ1) is 11.2. The van der Waals surface area contributed by atoms with Crippen LogP contribution >= 0.6 is 12.9 Å². The van der Waals surface area contributed by atoms with Gasteiger partial charge >= 0.3 is 0 Å². The molecule has 10 heavy (non-hydrogen) atoms. The normalized spacial score (nSPS) is 10.2. The molecule has 0 aromatic rings. The van der Waals surface area contributed by atoms with Gasteiger partial charge in [0.1, 0.15) is 0 Å². The second-order valence-electron chi connectivity index (χ2n) is 2.81. The van der Waals surface area contributed by atoms with Gasteiger partial charge in [0.2, 0.25) is 0 Å². The lowest BCUT2D eigenvalue weighted by Gasteiger charge is -2.28. The molecule has 0 aromatic heterocycles. The average Bonchev–Trinajstić information content (AvgIpc) is 1.97. The van der Waals surface area contributed by atoms with E-state index in [1.54, 1.807) is 0 Å². The molecule has 0 rings (SSSR count). The van der Waals surface area contributed by atoms with Crippen molar-refractivity contribution in [3.05, 3.63) is 0 Å². The highest BCUT2D eigenvalue weighted by Crippen LogP contribution is 2.07. The van der Waals surface area contributed by atoms with Gasteiger partial charge in [-0.25, -0.2) is 0 Å². The summed E-state index contributed by atoms with van der Waals surface area (Å²) in [6, 6.07) is 0. The van der Waals surface area contributed by atoms with E-state index in [0.717, 1.165) is 0 Å². The van der Waals surface area contributed by atoms with E-state index < -0.39 is 0 Å². The Labute approximate surface area is 80.7 Å². The molecule has 0 aliphatic rings.